The third kappa shape index (κ3) is 1.39. The van der Waals surface area contributed by atoms with E-state index >= 15 is 0 Å². The summed E-state index contributed by atoms with van der Waals surface area (Å²) < 4.78 is 0. The standard InChI is InChI=1S/C12H18N2/c1-4-12(2,3)14-8-6-10-9-13-7-5-11(10)14/h5,7,9H,4,6,8H2,1-3H3. The van der Waals surface area contributed by atoms with Crippen molar-refractivity contribution < 1.29 is 0 Å². The van der Waals surface area contributed by atoms with Crippen molar-refractivity contribution in [2.24, 2.45) is 0 Å². The molecule has 14 heavy (non-hydrogen) atoms. The lowest BCUT2D eigenvalue weighted by atomic mass is 9.99. The molecule has 0 bridgehead atoms. The van der Waals surface area contributed by atoms with Crippen LogP contribution in [0.1, 0.15) is 32.8 Å². The Balaban J connectivity index is 2.35. The average molecular weight is 190 g/mol. The molecule has 1 aliphatic heterocycles. The molecule has 0 unspecified atom stereocenters. The summed E-state index contributed by atoms with van der Waals surface area (Å²) >= 11 is 0. The molecule has 1 aliphatic rings. The van der Waals surface area contributed by atoms with Gasteiger partial charge in [-0.3, -0.25) is 4.98 Å². The summed E-state index contributed by atoms with van der Waals surface area (Å²) in [5.41, 5.74) is 3.05. The normalized spacial score (nSPS) is 15.8. The first-order valence-corrected chi connectivity index (χ1v) is 5.35. The fraction of sp³-hybridized carbons (Fsp3) is 0.583. The molecule has 0 saturated carbocycles. The Bertz CT molecular complexity index is 331. The molecule has 2 rings (SSSR count). The average Bonchev–Trinajstić information content (AvgIpc) is 2.61. The van der Waals surface area contributed by atoms with Crippen LogP contribution in [-0.2, 0) is 6.42 Å². The molecular formula is C12H18N2. The fourth-order valence-electron chi connectivity index (χ4n) is 2.05. The number of hydrogen-bond acceptors (Lipinski definition) is 2. The third-order valence-corrected chi connectivity index (χ3v) is 3.37. The van der Waals surface area contributed by atoms with Crippen LogP contribution in [0.5, 0.6) is 0 Å². The van der Waals surface area contributed by atoms with Gasteiger partial charge in [0, 0.05) is 30.2 Å². The first-order valence-electron chi connectivity index (χ1n) is 5.35. The Kier molecular flexibility index (Phi) is 2.22. The van der Waals surface area contributed by atoms with Crippen molar-refractivity contribution in [2.75, 3.05) is 11.4 Å². The summed E-state index contributed by atoms with van der Waals surface area (Å²) in [6, 6.07) is 2.14. The van der Waals surface area contributed by atoms with Gasteiger partial charge in [0.05, 0.1) is 0 Å². The lowest BCUT2D eigenvalue weighted by Crippen LogP contribution is -2.42. The second-order valence-electron chi connectivity index (χ2n) is 4.57. The largest absolute Gasteiger partial charge is 0.366 e. The van der Waals surface area contributed by atoms with Gasteiger partial charge in [-0.1, -0.05) is 6.92 Å². The monoisotopic (exact) mass is 190 g/mol. The highest BCUT2D eigenvalue weighted by Crippen LogP contribution is 2.33. The van der Waals surface area contributed by atoms with Crippen molar-refractivity contribution in [1.29, 1.82) is 0 Å². The smallest absolute Gasteiger partial charge is 0.0434 e. The molecule has 1 aromatic heterocycles. The Morgan fingerprint density at radius 3 is 3.00 bits per heavy atom. The Labute approximate surface area is 86.0 Å². The van der Waals surface area contributed by atoms with Crippen LogP contribution < -0.4 is 4.90 Å². The van der Waals surface area contributed by atoms with Gasteiger partial charge in [0.25, 0.3) is 0 Å². The van der Waals surface area contributed by atoms with Gasteiger partial charge >= 0.3 is 0 Å². The summed E-state index contributed by atoms with van der Waals surface area (Å²) in [5, 5.41) is 0. The summed E-state index contributed by atoms with van der Waals surface area (Å²) in [6.07, 6.45) is 6.21. The number of aromatic nitrogens is 1. The lowest BCUT2D eigenvalue weighted by molar-refractivity contribution is 0.455. The van der Waals surface area contributed by atoms with Crippen LogP contribution in [0.3, 0.4) is 0 Å². The van der Waals surface area contributed by atoms with Crippen LogP contribution in [-0.4, -0.2) is 17.1 Å². The number of nitrogens with zero attached hydrogens (tertiary/aromatic N) is 2. The third-order valence-electron chi connectivity index (χ3n) is 3.37. The van der Waals surface area contributed by atoms with E-state index < -0.39 is 0 Å². The van der Waals surface area contributed by atoms with Crippen LogP contribution in [0.4, 0.5) is 5.69 Å². The number of fused-ring (bicyclic) bond motifs is 1. The number of anilines is 1. The highest BCUT2D eigenvalue weighted by atomic mass is 15.2. The number of pyridine rings is 1. The van der Waals surface area contributed by atoms with Crippen LogP contribution in [0.2, 0.25) is 0 Å². The van der Waals surface area contributed by atoms with Crippen LogP contribution in [0.25, 0.3) is 0 Å². The predicted octanol–water partition coefficient (Wildman–Crippen LogP) is 2.63. The molecule has 2 nitrogen and oxygen atoms in total. The predicted molar refractivity (Wildman–Crippen MR) is 59.7 cm³/mol. The molecule has 2 heteroatoms. The first kappa shape index (κ1) is 9.50. The summed E-state index contributed by atoms with van der Waals surface area (Å²) in [4.78, 5) is 6.68. The van der Waals surface area contributed by atoms with Crippen molar-refractivity contribution in [3.8, 4) is 0 Å². The van der Waals surface area contributed by atoms with Crippen LogP contribution in [0.15, 0.2) is 18.5 Å². The van der Waals surface area contributed by atoms with Gasteiger partial charge in [0.15, 0.2) is 0 Å². The van der Waals surface area contributed by atoms with Gasteiger partial charge in [-0.25, -0.2) is 0 Å². The van der Waals surface area contributed by atoms with E-state index in [9.17, 15) is 0 Å². The first-order chi connectivity index (χ1) is 6.65. The van der Waals surface area contributed by atoms with Gasteiger partial charge < -0.3 is 4.90 Å². The molecular weight excluding hydrogens is 172 g/mol. The minimum absolute atomic E-state index is 0.270. The van der Waals surface area contributed by atoms with E-state index in [0.717, 1.165) is 13.0 Å². The van der Waals surface area contributed by atoms with Crippen molar-refractivity contribution in [2.45, 2.75) is 39.2 Å². The molecule has 1 aromatic rings. The van der Waals surface area contributed by atoms with Gasteiger partial charge in [0.2, 0.25) is 0 Å². The lowest BCUT2D eigenvalue weighted by Gasteiger charge is -2.37. The van der Waals surface area contributed by atoms with E-state index in [1.54, 1.807) is 0 Å². The molecule has 0 N–H and O–H groups in total. The molecule has 2 heterocycles. The number of hydrogen-bond donors (Lipinski definition) is 0. The molecule has 0 atom stereocenters. The zero-order valence-corrected chi connectivity index (χ0v) is 9.25. The molecule has 0 saturated heterocycles. The number of rotatable bonds is 2. The highest BCUT2D eigenvalue weighted by Gasteiger charge is 2.30. The highest BCUT2D eigenvalue weighted by molar-refractivity contribution is 5.58. The molecule has 0 fully saturated rings. The second-order valence-corrected chi connectivity index (χ2v) is 4.57. The van der Waals surface area contributed by atoms with Gasteiger partial charge in [-0.15, -0.1) is 0 Å². The van der Waals surface area contributed by atoms with E-state index in [0.29, 0.717) is 0 Å². The fourth-order valence-corrected chi connectivity index (χ4v) is 2.05. The van der Waals surface area contributed by atoms with Gasteiger partial charge in [-0.05, 0) is 38.3 Å². The van der Waals surface area contributed by atoms with E-state index in [2.05, 4.69) is 36.7 Å². The summed E-state index contributed by atoms with van der Waals surface area (Å²) in [6.45, 7) is 8.01. The van der Waals surface area contributed by atoms with Crippen molar-refractivity contribution in [3.05, 3.63) is 24.0 Å². The van der Waals surface area contributed by atoms with Gasteiger partial charge in [0.1, 0.15) is 0 Å². The van der Waals surface area contributed by atoms with Crippen LogP contribution >= 0.6 is 0 Å². The maximum Gasteiger partial charge on any atom is 0.0434 e. The summed E-state index contributed by atoms with van der Waals surface area (Å²) in [7, 11) is 0. The van der Waals surface area contributed by atoms with Gasteiger partial charge in [-0.2, -0.15) is 0 Å². The molecule has 0 spiro atoms. The van der Waals surface area contributed by atoms with Crippen molar-refractivity contribution >= 4 is 5.69 Å². The Morgan fingerprint density at radius 1 is 1.50 bits per heavy atom. The SMILES string of the molecule is CCC(C)(C)N1CCc2cnccc21. The van der Waals surface area contributed by atoms with E-state index in [1.807, 2.05) is 12.4 Å². The van der Waals surface area contributed by atoms with E-state index in [1.165, 1.54) is 17.7 Å². The quantitative estimate of drug-likeness (QED) is 0.712. The zero-order chi connectivity index (χ0) is 10.2. The maximum absolute atomic E-state index is 4.17. The Hall–Kier alpha value is -1.05. The topological polar surface area (TPSA) is 16.1 Å². The van der Waals surface area contributed by atoms with Crippen LogP contribution in [0, 0.1) is 0 Å². The molecule has 76 valence electrons. The molecule has 0 amide bonds. The maximum atomic E-state index is 4.17. The summed E-state index contributed by atoms with van der Waals surface area (Å²) in [5.74, 6) is 0. The van der Waals surface area contributed by atoms with E-state index in [4.69, 9.17) is 0 Å². The van der Waals surface area contributed by atoms with E-state index in [-0.39, 0.29) is 5.54 Å². The second kappa shape index (κ2) is 3.26. The minimum atomic E-state index is 0.270. The van der Waals surface area contributed by atoms with Crippen molar-refractivity contribution in [1.82, 2.24) is 4.98 Å². The van der Waals surface area contributed by atoms with Crippen molar-refractivity contribution in [3.63, 3.8) is 0 Å². The molecule has 0 radical (unpaired) electrons. The molecule has 0 aliphatic carbocycles. The Morgan fingerprint density at radius 2 is 2.29 bits per heavy atom. The minimum Gasteiger partial charge on any atom is -0.366 e. The zero-order valence-electron chi connectivity index (χ0n) is 9.25. The molecule has 0 aromatic carbocycles.